The second-order valence-corrected chi connectivity index (χ2v) is 2.79. The number of aromatic hydroxyl groups is 2. The monoisotopic (exact) mass is 181 g/mol. The minimum absolute atomic E-state index is 0.0666. The van der Waals surface area contributed by atoms with E-state index in [1.807, 2.05) is 0 Å². The Balaban J connectivity index is 3.07. The van der Waals surface area contributed by atoms with E-state index in [1.54, 1.807) is 7.05 Å². The van der Waals surface area contributed by atoms with Crippen LogP contribution >= 0.6 is 0 Å². The highest BCUT2D eigenvalue weighted by Crippen LogP contribution is 2.26. The summed E-state index contributed by atoms with van der Waals surface area (Å²) in [4.78, 5) is 12.3. The number of benzene rings is 1. The van der Waals surface area contributed by atoms with Gasteiger partial charge in [-0.1, -0.05) is 0 Å². The van der Waals surface area contributed by atoms with Crippen molar-refractivity contribution in [2.24, 2.45) is 0 Å². The van der Waals surface area contributed by atoms with Crippen molar-refractivity contribution < 1.29 is 15.0 Å². The van der Waals surface area contributed by atoms with Gasteiger partial charge in [0.25, 0.3) is 0 Å². The van der Waals surface area contributed by atoms with Crippen LogP contribution in [0.3, 0.4) is 0 Å². The Kier molecular flexibility index (Phi) is 2.41. The predicted octanol–water partition coefficient (Wildman–Crippen LogP) is 1.08. The van der Waals surface area contributed by atoms with Crippen LogP contribution in [-0.4, -0.2) is 23.2 Å². The van der Waals surface area contributed by atoms with Gasteiger partial charge in [0.1, 0.15) is 11.5 Å². The maximum Gasteiger partial charge on any atom is 0.223 e. The molecular formula is C9H11NO3. The molecule has 0 saturated carbocycles. The molecule has 1 aromatic carbocycles. The fraction of sp³-hybridized carbons (Fsp3) is 0.222. The first-order valence-corrected chi connectivity index (χ1v) is 3.78. The minimum Gasteiger partial charge on any atom is -0.508 e. The molecule has 0 aliphatic heterocycles. The molecule has 2 N–H and O–H groups in total. The summed E-state index contributed by atoms with van der Waals surface area (Å²) >= 11 is 0. The van der Waals surface area contributed by atoms with Crippen molar-refractivity contribution in [2.75, 3.05) is 11.9 Å². The first-order chi connectivity index (χ1) is 6.00. The summed E-state index contributed by atoms with van der Waals surface area (Å²) < 4.78 is 0. The highest BCUT2D eigenvalue weighted by atomic mass is 16.3. The molecule has 0 bridgehead atoms. The third-order valence-corrected chi connectivity index (χ3v) is 1.75. The second kappa shape index (κ2) is 3.35. The first kappa shape index (κ1) is 9.38. The molecule has 0 radical (unpaired) electrons. The van der Waals surface area contributed by atoms with Crippen molar-refractivity contribution in [2.45, 2.75) is 6.92 Å². The summed E-state index contributed by atoms with van der Waals surface area (Å²) in [6.45, 7) is 1.40. The zero-order chi connectivity index (χ0) is 10.0. The normalized spacial score (nSPS) is 9.69. The van der Waals surface area contributed by atoms with Crippen LogP contribution in [-0.2, 0) is 4.79 Å². The average Bonchev–Trinajstić information content (AvgIpc) is 2.01. The van der Waals surface area contributed by atoms with Crippen LogP contribution in [0.4, 0.5) is 5.69 Å². The van der Waals surface area contributed by atoms with Crippen molar-refractivity contribution in [3.05, 3.63) is 18.2 Å². The zero-order valence-electron chi connectivity index (χ0n) is 7.48. The van der Waals surface area contributed by atoms with Gasteiger partial charge in [-0.25, -0.2) is 0 Å². The molecule has 4 nitrogen and oxygen atoms in total. The lowest BCUT2D eigenvalue weighted by atomic mass is 10.2. The van der Waals surface area contributed by atoms with Gasteiger partial charge in [-0.05, 0) is 0 Å². The van der Waals surface area contributed by atoms with E-state index in [1.165, 1.54) is 30.0 Å². The van der Waals surface area contributed by atoms with Crippen LogP contribution in [0.25, 0.3) is 0 Å². The van der Waals surface area contributed by atoms with E-state index in [-0.39, 0.29) is 17.4 Å². The van der Waals surface area contributed by atoms with Gasteiger partial charge >= 0.3 is 0 Å². The topological polar surface area (TPSA) is 60.8 Å². The minimum atomic E-state index is -0.162. The second-order valence-electron chi connectivity index (χ2n) is 2.79. The van der Waals surface area contributed by atoms with Crippen LogP contribution < -0.4 is 4.90 Å². The Labute approximate surface area is 76.0 Å². The summed E-state index contributed by atoms with van der Waals surface area (Å²) in [5.41, 5.74) is 0.463. The number of nitrogens with zero attached hydrogens (tertiary/aromatic N) is 1. The van der Waals surface area contributed by atoms with Gasteiger partial charge in [-0.2, -0.15) is 0 Å². The molecule has 1 aromatic rings. The molecule has 0 atom stereocenters. The first-order valence-electron chi connectivity index (χ1n) is 3.78. The number of amides is 1. The van der Waals surface area contributed by atoms with Gasteiger partial charge in [0, 0.05) is 32.2 Å². The van der Waals surface area contributed by atoms with Crippen molar-refractivity contribution >= 4 is 11.6 Å². The van der Waals surface area contributed by atoms with E-state index >= 15 is 0 Å². The molecule has 70 valence electrons. The number of hydrogen-bond donors (Lipinski definition) is 2. The summed E-state index contributed by atoms with van der Waals surface area (Å²) in [5, 5.41) is 18.3. The molecule has 0 aliphatic carbocycles. The van der Waals surface area contributed by atoms with Gasteiger partial charge in [-0.15, -0.1) is 0 Å². The van der Waals surface area contributed by atoms with Gasteiger partial charge in [0.15, 0.2) is 0 Å². The van der Waals surface area contributed by atoms with Gasteiger partial charge in [0.2, 0.25) is 5.91 Å². The highest BCUT2D eigenvalue weighted by Gasteiger charge is 2.07. The molecule has 4 heteroatoms. The van der Waals surface area contributed by atoms with E-state index in [2.05, 4.69) is 0 Å². The molecular weight excluding hydrogens is 170 g/mol. The van der Waals surface area contributed by atoms with Crippen molar-refractivity contribution in [1.29, 1.82) is 0 Å². The lowest BCUT2D eigenvalue weighted by Crippen LogP contribution is -2.22. The standard InChI is InChI=1S/C9H11NO3/c1-6(11)10(2)7-3-8(12)5-9(13)4-7/h3-5,12-13H,1-2H3. The van der Waals surface area contributed by atoms with E-state index < -0.39 is 0 Å². The van der Waals surface area contributed by atoms with Crippen molar-refractivity contribution in [3.63, 3.8) is 0 Å². The summed E-state index contributed by atoms with van der Waals surface area (Å²) in [7, 11) is 1.57. The number of phenolic OH excluding ortho intramolecular Hbond substituents is 2. The smallest absolute Gasteiger partial charge is 0.223 e. The average molecular weight is 181 g/mol. The number of anilines is 1. The lowest BCUT2D eigenvalue weighted by molar-refractivity contribution is -0.116. The Morgan fingerprint density at radius 3 is 2.08 bits per heavy atom. The Hall–Kier alpha value is -1.71. The van der Waals surface area contributed by atoms with E-state index in [9.17, 15) is 4.79 Å². The van der Waals surface area contributed by atoms with Gasteiger partial charge in [0.05, 0.1) is 5.69 Å². The molecule has 1 amide bonds. The molecule has 0 heterocycles. The Morgan fingerprint density at radius 2 is 1.69 bits per heavy atom. The van der Waals surface area contributed by atoms with E-state index in [0.29, 0.717) is 5.69 Å². The fourth-order valence-electron chi connectivity index (χ4n) is 0.955. The van der Waals surface area contributed by atoms with Crippen molar-refractivity contribution in [3.8, 4) is 11.5 Å². The van der Waals surface area contributed by atoms with Crippen LogP contribution in [0.2, 0.25) is 0 Å². The van der Waals surface area contributed by atoms with E-state index in [4.69, 9.17) is 10.2 Å². The van der Waals surface area contributed by atoms with Crippen LogP contribution in [0.5, 0.6) is 11.5 Å². The number of phenols is 2. The zero-order valence-corrected chi connectivity index (χ0v) is 7.48. The van der Waals surface area contributed by atoms with Gasteiger partial charge in [-0.3, -0.25) is 4.79 Å². The van der Waals surface area contributed by atoms with Crippen LogP contribution in [0.15, 0.2) is 18.2 Å². The third-order valence-electron chi connectivity index (χ3n) is 1.75. The maximum atomic E-state index is 10.9. The largest absolute Gasteiger partial charge is 0.508 e. The fourth-order valence-corrected chi connectivity index (χ4v) is 0.955. The van der Waals surface area contributed by atoms with Crippen LogP contribution in [0.1, 0.15) is 6.92 Å². The maximum absolute atomic E-state index is 10.9. The molecule has 13 heavy (non-hydrogen) atoms. The summed E-state index contributed by atoms with van der Waals surface area (Å²) in [5.74, 6) is -0.295. The Bertz CT molecular complexity index is 315. The number of carbonyl (C=O) groups excluding carboxylic acids is 1. The quantitative estimate of drug-likeness (QED) is 0.681. The van der Waals surface area contributed by atoms with E-state index in [0.717, 1.165) is 0 Å². The van der Waals surface area contributed by atoms with Crippen LogP contribution in [0, 0.1) is 0 Å². The summed E-state index contributed by atoms with van der Waals surface area (Å²) in [6.07, 6.45) is 0. The SMILES string of the molecule is CC(=O)N(C)c1cc(O)cc(O)c1. The molecule has 1 rings (SSSR count). The molecule has 0 unspecified atom stereocenters. The predicted molar refractivity (Wildman–Crippen MR) is 48.9 cm³/mol. The molecule has 0 aliphatic rings. The molecule has 0 aromatic heterocycles. The molecule has 0 saturated heterocycles. The molecule has 0 spiro atoms. The number of rotatable bonds is 1. The number of carbonyl (C=O) groups is 1. The summed E-state index contributed by atoms with van der Waals surface area (Å²) in [6, 6.07) is 4.01. The third kappa shape index (κ3) is 2.11. The highest BCUT2D eigenvalue weighted by molar-refractivity contribution is 5.91. The molecule has 0 fully saturated rings. The van der Waals surface area contributed by atoms with Gasteiger partial charge < -0.3 is 15.1 Å². The Morgan fingerprint density at radius 1 is 1.23 bits per heavy atom. The lowest BCUT2D eigenvalue weighted by Gasteiger charge is -2.15. The van der Waals surface area contributed by atoms with Crippen molar-refractivity contribution in [1.82, 2.24) is 0 Å². The number of hydrogen-bond acceptors (Lipinski definition) is 3.